The van der Waals surface area contributed by atoms with E-state index in [0.717, 1.165) is 0 Å². The second kappa shape index (κ2) is 6.09. The Morgan fingerprint density at radius 3 is 2.48 bits per heavy atom. The first-order valence-corrected chi connectivity index (χ1v) is 6.28. The molecule has 0 aliphatic carbocycles. The molecule has 0 unspecified atom stereocenters. The van der Waals surface area contributed by atoms with E-state index in [1.54, 1.807) is 26.0 Å². The van der Waals surface area contributed by atoms with Crippen LogP contribution in [-0.2, 0) is 4.79 Å². The number of hydrogen-bond donors (Lipinski definition) is 1. The van der Waals surface area contributed by atoms with E-state index in [4.69, 9.17) is 0 Å². The number of rotatable bonds is 3. The second-order valence-corrected chi connectivity index (χ2v) is 4.54. The van der Waals surface area contributed by atoms with E-state index in [1.807, 2.05) is 6.07 Å². The fourth-order valence-corrected chi connectivity index (χ4v) is 1.88. The molecule has 0 saturated carbocycles. The molecule has 0 aliphatic heterocycles. The maximum atomic E-state index is 13.5. The molecular formula is C15H13FN4O. The molecule has 1 amide bonds. The number of aryl methyl sites for hydroxylation is 2. The van der Waals surface area contributed by atoms with Crippen molar-refractivity contribution >= 4 is 11.6 Å². The van der Waals surface area contributed by atoms with Gasteiger partial charge in [-0.2, -0.15) is 5.26 Å². The highest BCUT2D eigenvalue weighted by Crippen LogP contribution is 2.17. The van der Waals surface area contributed by atoms with Gasteiger partial charge in [-0.25, -0.2) is 14.4 Å². The molecule has 0 aliphatic rings. The summed E-state index contributed by atoms with van der Waals surface area (Å²) in [6.07, 6.45) is 0. The van der Waals surface area contributed by atoms with Gasteiger partial charge in [-0.1, -0.05) is 12.1 Å². The molecule has 0 spiro atoms. The Kier molecular flexibility index (Phi) is 4.24. The van der Waals surface area contributed by atoms with Gasteiger partial charge in [0.05, 0.1) is 11.8 Å². The average Bonchev–Trinajstić information content (AvgIpc) is 2.41. The Balaban J connectivity index is 2.27. The van der Waals surface area contributed by atoms with Crippen molar-refractivity contribution in [2.75, 3.05) is 5.32 Å². The van der Waals surface area contributed by atoms with Crippen molar-refractivity contribution in [1.29, 1.82) is 5.26 Å². The van der Waals surface area contributed by atoms with Gasteiger partial charge in [0.15, 0.2) is 11.7 Å². The molecule has 5 nitrogen and oxygen atoms in total. The number of nitrogens with one attached hydrogen (secondary N) is 1. The highest BCUT2D eigenvalue weighted by molar-refractivity contribution is 5.97. The minimum absolute atomic E-state index is 0.0205. The SMILES string of the molecule is Cc1cc(C)nc([C@@H](C#N)C(=O)Nc2ccccc2F)n1. The van der Waals surface area contributed by atoms with Crippen molar-refractivity contribution in [2.45, 2.75) is 19.8 Å². The van der Waals surface area contributed by atoms with Gasteiger partial charge >= 0.3 is 0 Å². The third-order valence-electron chi connectivity index (χ3n) is 2.78. The first kappa shape index (κ1) is 14.6. The van der Waals surface area contributed by atoms with Crippen LogP contribution in [0.2, 0.25) is 0 Å². The molecule has 21 heavy (non-hydrogen) atoms. The van der Waals surface area contributed by atoms with E-state index >= 15 is 0 Å². The largest absolute Gasteiger partial charge is 0.322 e. The molecule has 1 atom stereocenters. The lowest BCUT2D eigenvalue weighted by Crippen LogP contribution is -2.22. The number of carbonyl (C=O) groups is 1. The van der Waals surface area contributed by atoms with Crippen LogP contribution >= 0.6 is 0 Å². The molecule has 0 fully saturated rings. The van der Waals surface area contributed by atoms with Crippen LogP contribution in [0.5, 0.6) is 0 Å². The fourth-order valence-electron chi connectivity index (χ4n) is 1.88. The second-order valence-electron chi connectivity index (χ2n) is 4.54. The van der Waals surface area contributed by atoms with Crippen LogP contribution in [0.3, 0.4) is 0 Å². The van der Waals surface area contributed by atoms with Crippen LogP contribution in [0.1, 0.15) is 23.1 Å². The number of hydrogen-bond acceptors (Lipinski definition) is 4. The maximum Gasteiger partial charge on any atom is 0.249 e. The van der Waals surface area contributed by atoms with E-state index in [2.05, 4.69) is 15.3 Å². The summed E-state index contributed by atoms with van der Waals surface area (Å²) >= 11 is 0. The maximum absolute atomic E-state index is 13.5. The van der Waals surface area contributed by atoms with Crippen molar-refractivity contribution in [3.8, 4) is 6.07 Å². The van der Waals surface area contributed by atoms with Gasteiger partial charge in [-0.3, -0.25) is 4.79 Å². The number of aromatic nitrogens is 2. The molecule has 0 bridgehead atoms. The number of halogens is 1. The Morgan fingerprint density at radius 2 is 1.90 bits per heavy atom. The van der Waals surface area contributed by atoms with Crippen LogP contribution in [0.4, 0.5) is 10.1 Å². The number of nitriles is 1. The van der Waals surface area contributed by atoms with E-state index in [0.29, 0.717) is 11.4 Å². The summed E-state index contributed by atoms with van der Waals surface area (Å²) in [7, 11) is 0. The Hall–Kier alpha value is -2.81. The van der Waals surface area contributed by atoms with Crippen molar-refractivity contribution in [1.82, 2.24) is 9.97 Å². The molecule has 2 rings (SSSR count). The van der Waals surface area contributed by atoms with Gasteiger partial charge in [0.1, 0.15) is 5.82 Å². The zero-order chi connectivity index (χ0) is 15.4. The van der Waals surface area contributed by atoms with Gasteiger partial charge < -0.3 is 5.32 Å². The zero-order valence-corrected chi connectivity index (χ0v) is 11.6. The van der Waals surface area contributed by atoms with E-state index in [-0.39, 0.29) is 11.5 Å². The monoisotopic (exact) mass is 284 g/mol. The minimum atomic E-state index is -1.19. The molecule has 0 saturated heterocycles. The number of anilines is 1. The van der Waals surface area contributed by atoms with Gasteiger partial charge in [-0.15, -0.1) is 0 Å². The predicted octanol–water partition coefficient (Wildman–Crippen LogP) is 2.48. The minimum Gasteiger partial charge on any atom is -0.322 e. The quantitative estimate of drug-likeness (QED) is 0.939. The predicted molar refractivity (Wildman–Crippen MR) is 74.9 cm³/mol. The highest BCUT2D eigenvalue weighted by Gasteiger charge is 2.24. The lowest BCUT2D eigenvalue weighted by molar-refractivity contribution is -0.116. The van der Waals surface area contributed by atoms with E-state index in [9.17, 15) is 14.4 Å². The van der Waals surface area contributed by atoms with Crippen LogP contribution in [0, 0.1) is 31.0 Å². The van der Waals surface area contributed by atoms with Crippen LogP contribution in [-0.4, -0.2) is 15.9 Å². The van der Waals surface area contributed by atoms with Crippen molar-refractivity contribution in [3.05, 3.63) is 53.4 Å². The number of carbonyl (C=O) groups excluding carboxylic acids is 1. The summed E-state index contributed by atoms with van der Waals surface area (Å²) in [5.74, 6) is -2.30. The van der Waals surface area contributed by atoms with Crippen LogP contribution in [0.25, 0.3) is 0 Å². The molecular weight excluding hydrogens is 271 g/mol. The Labute approximate surface area is 121 Å². The van der Waals surface area contributed by atoms with Crippen LogP contribution in [0.15, 0.2) is 30.3 Å². The highest BCUT2D eigenvalue weighted by atomic mass is 19.1. The fraction of sp³-hybridized carbons (Fsp3) is 0.200. The standard InChI is InChI=1S/C15H13FN4O/c1-9-7-10(2)19-14(18-9)11(8-17)15(21)20-13-6-4-3-5-12(13)16/h3-7,11H,1-2H3,(H,20,21)/t11-/m1/s1. The summed E-state index contributed by atoms with van der Waals surface area (Å²) in [6, 6.07) is 9.35. The lowest BCUT2D eigenvalue weighted by Gasteiger charge is -2.11. The molecule has 106 valence electrons. The zero-order valence-electron chi connectivity index (χ0n) is 11.6. The van der Waals surface area contributed by atoms with E-state index in [1.165, 1.54) is 18.2 Å². The number of nitrogens with zero attached hydrogens (tertiary/aromatic N) is 3. The van der Waals surface area contributed by atoms with Crippen molar-refractivity contribution in [2.24, 2.45) is 0 Å². The molecule has 1 aromatic heterocycles. The summed E-state index contributed by atoms with van der Waals surface area (Å²) < 4.78 is 13.5. The third kappa shape index (κ3) is 3.39. The van der Waals surface area contributed by atoms with Gasteiger partial charge in [0.25, 0.3) is 0 Å². The summed E-state index contributed by atoms with van der Waals surface area (Å²) in [5.41, 5.74) is 1.35. The van der Waals surface area contributed by atoms with Gasteiger partial charge in [0, 0.05) is 11.4 Å². The number of para-hydroxylation sites is 1. The summed E-state index contributed by atoms with van der Waals surface area (Å²) in [5, 5.41) is 11.6. The molecule has 0 radical (unpaired) electrons. The summed E-state index contributed by atoms with van der Waals surface area (Å²) in [6.45, 7) is 3.50. The molecule has 6 heteroatoms. The normalized spacial score (nSPS) is 11.5. The smallest absolute Gasteiger partial charge is 0.249 e. The lowest BCUT2D eigenvalue weighted by atomic mass is 10.1. The molecule has 1 aromatic carbocycles. The third-order valence-corrected chi connectivity index (χ3v) is 2.78. The average molecular weight is 284 g/mol. The van der Waals surface area contributed by atoms with Gasteiger partial charge in [0.2, 0.25) is 5.91 Å². The van der Waals surface area contributed by atoms with Crippen LogP contribution < -0.4 is 5.32 Å². The Bertz CT molecular complexity index is 704. The Morgan fingerprint density at radius 1 is 1.29 bits per heavy atom. The number of benzene rings is 1. The van der Waals surface area contributed by atoms with E-state index < -0.39 is 17.6 Å². The first-order valence-electron chi connectivity index (χ1n) is 6.28. The first-order chi connectivity index (χ1) is 10.0. The molecule has 2 aromatic rings. The van der Waals surface area contributed by atoms with Gasteiger partial charge in [-0.05, 0) is 32.0 Å². The topological polar surface area (TPSA) is 78.7 Å². The van der Waals surface area contributed by atoms with Crippen molar-refractivity contribution in [3.63, 3.8) is 0 Å². The summed E-state index contributed by atoms with van der Waals surface area (Å²) in [4.78, 5) is 20.3. The number of amides is 1. The molecule has 1 N–H and O–H groups in total. The molecule has 1 heterocycles. The van der Waals surface area contributed by atoms with Crippen molar-refractivity contribution < 1.29 is 9.18 Å².